The first-order chi connectivity index (χ1) is 16.0. The molecule has 7 unspecified atom stereocenters. The third-order valence-corrected chi connectivity index (χ3v) is 12.2. The highest BCUT2D eigenvalue weighted by Gasteiger charge is 2.59. The van der Waals surface area contributed by atoms with Gasteiger partial charge in [-0.05, 0) is 106 Å². The number of hydrogen-bond donors (Lipinski definition) is 0. The Labute approximate surface area is 208 Å². The maximum atomic E-state index is 6.99. The molecule has 0 bridgehead atoms. The zero-order chi connectivity index (χ0) is 22.6. The molecule has 33 heavy (non-hydrogen) atoms. The van der Waals surface area contributed by atoms with Crippen LogP contribution in [0.15, 0.2) is 0 Å². The Morgan fingerprint density at radius 2 is 1.30 bits per heavy atom. The van der Waals surface area contributed by atoms with Gasteiger partial charge in [-0.2, -0.15) is 0 Å². The first-order valence-electron chi connectivity index (χ1n) is 15.1. The summed E-state index contributed by atoms with van der Waals surface area (Å²) in [5, 5.41) is 0.423. The van der Waals surface area contributed by atoms with Crippen molar-refractivity contribution in [3.05, 3.63) is 0 Å². The molecule has 0 radical (unpaired) electrons. The molecule has 3 saturated carbocycles. The average molecular weight is 476 g/mol. The van der Waals surface area contributed by atoms with E-state index in [9.17, 15) is 0 Å². The van der Waals surface area contributed by atoms with Crippen LogP contribution >= 0.6 is 11.6 Å². The summed E-state index contributed by atoms with van der Waals surface area (Å²) in [5.41, 5.74) is 0.480. The highest BCUT2D eigenvalue weighted by atomic mass is 35.5. The number of piperidine rings is 1. The lowest BCUT2D eigenvalue weighted by molar-refractivity contribution is -0.0753. The molecule has 6 fully saturated rings. The molecule has 0 aromatic carbocycles. The van der Waals surface area contributed by atoms with Crippen molar-refractivity contribution >= 4 is 11.6 Å². The van der Waals surface area contributed by atoms with Crippen LogP contribution in [0.25, 0.3) is 0 Å². The zero-order valence-corrected chi connectivity index (χ0v) is 22.3. The topological polar surface area (TPSA) is 12.5 Å². The Morgan fingerprint density at radius 3 is 2.06 bits per heavy atom. The summed E-state index contributed by atoms with van der Waals surface area (Å²) in [6, 6.07) is 2.52. The minimum atomic E-state index is 0.423. The number of fused-ring (bicyclic) bond motifs is 3. The van der Waals surface area contributed by atoms with Gasteiger partial charge in [-0.25, -0.2) is 0 Å². The van der Waals surface area contributed by atoms with E-state index < -0.39 is 0 Å². The van der Waals surface area contributed by atoms with Gasteiger partial charge in [-0.3, -0.25) is 4.90 Å². The average Bonchev–Trinajstić information content (AvgIpc) is 3.42. The van der Waals surface area contributed by atoms with Crippen molar-refractivity contribution in [2.45, 2.75) is 159 Å². The monoisotopic (exact) mass is 475 g/mol. The van der Waals surface area contributed by atoms with Gasteiger partial charge in [0.25, 0.3) is 0 Å². The Bertz CT molecular complexity index is 666. The van der Waals surface area contributed by atoms with E-state index in [2.05, 4.69) is 18.7 Å². The van der Waals surface area contributed by atoms with Crippen LogP contribution in [0.3, 0.4) is 0 Å². The molecule has 0 spiro atoms. The van der Waals surface area contributed by atoms with Crippen LogP contribution in [0.4, 0.5) is 0 Å². The minimum absolute atomic E-state index is 0.423. The first-order valence-corrected chi connectivity index (χ1v) is 15.5. The molecule has 2 nitrogen and oxygen atoms in total. The van der Waals surface area contributed by atoms with Crippen LogP contribution in [-0.2, 0) is 4.74 Å². The van der Waals surface area contributed by atoms with E-state index in [1.54, 1.807) is 0 Å². The van der Waals surface area contributed by atoms with Crippen molar-refractivity contribution in [2.24, 2.45) is 29.1 Å². The Morgan fingerprint density at radius 1 is 0.636 bits per heavy atom. The lowest BCUT2D eigenvalue weighted by atomic mass is 9.66. The number of nitrogens with zero attached hydrogens (tertiary/aromatic N) is 1. The fraction of sp³-hybridized carbons (Fsp3) is 1.00. The second-order valence-corrected chi connectivity index (χ2v) is 14.4. The van der Waals surface area contributed by atoms with E-state index in [-0.39, 0.29) is 0 Å². The molecular formula is C30H50ClNO. The van der Waals surface area contributed by atoms with Crippen LogP contribution in [0.1, 0.15) is 123 Å². The van der Waals surface area contributed by atoms with E-state index in [0.717, 1.165) is 41.8 Å². The van der Waals surface area contributed by atoms with E-state index in [1.807, 2.05) is 0 Å². The summed E-state index contributed by atoms with van der Waals surface area (Å²) in [6.45, 7) is 5.31. The van der Waals surface area contributed by atoms with Gasteiger partial charge >= 0.3 is 0 Å². The SMILES string of the molecule is CC1(C)C2CCCCC2N2C(C3CCCCC3)CC(C3CCC(C4CCC(Cl)CC4)O3)CC21. The van der Waals surface area contributed by atoms with Crippen molar-refractivity contribution < 1.29 is 4.74 Å². The van der Waals surface area contributed by atoms with Crippen LogP contribution in [-0.4, -0.2) is 40.6 Å². The molecule has 6 rings (SSSR count). The summed E-state index contributed by atoms with van der Waals surface area (Å²) in [5.74, 6) is 3.47. The number of ether oxygens (including phenoxy) is 1. The van der Waals surface area contributed by atoms with Gasteiger partial charge in [0.1, 0.15) is 0 Å². The maximum Gasteiger partial charge on any atom is 0.0609 e. The quantitative estimate of drug-likeness (QED) is 0.384. The third kappa shape index (κ3) is 4.35. The molecule has 0 amide bonds. The van der Waals surface area contributed by atoms with E-state index in [1.165, 1.54) is 109 Å². The van der Waals surface area contributed by atoms with Crippen molar-refractivity contribution in [1.29, 1.82) is 0 Å². The summed E-state index contributed by atoms with van der Waals surface area (Å²) >= 11 is 6.41. The van der Waals surface area contributed by atoms with Crippen LogP contribution in [0, 0.1) is 29.1 Å². The molecule has 3 aliphatic heterocycles. The maximum absolute atomic E-state index is 6.99. The van der Waals surface area contributed by atoms with Gasteiger partial charge in [0.2, 0.25) is 0 Å². The van der Waals surface area contributed by atoms with Gasteiger partial charge < -0.3 is 4.74 Å². The van der Waals surface area contributed by atoms with Gasteiger partial charge in [0.15, 0.2) is 0 Å². The number of hydrogen-bond acceptors (Lipinski definition) is 2. The van der Waals surface area contributed by atoms with Crippen LogP contribution < -0.4 is 0 Å². The number of rotatable bonds is 3. The van der Waals surface area contributed by atoms with Gasteiger partial charge in [-0.1, -0.05) is 46.0 Å². The van der Waals surface area contributed by atoms with Gasteiger partial charge in [0, 0.05) is 23.5 Å². The Kier molecular flexibility index (Phi) is 6.86. The third-order valence-electron chi connectivity index (χ3n) is 11.8. The molecule has 3 saturated heterocycles. The highest BCUT2D eigenvalue weighted by Crippen LogP contribution is 2.58. The van der Waals surface area contributed by atoms with E-state index in [4.69, 9.17) is 16.3 Å². The zero-order valence-electron chi connectivity index (χ0n) is 21.5. The molecule has 0 N–H and O–H groups in total. The fourth-order valence-electron chi connectivity index (χ4n) is 10.0. The summed E-state index contributed by atoms with van der Waals surface area (Å²) in [4.78, 5) is 3.19. The molecule has 3 aliphatic carbocycles. The predicted octanol–water partition coefficient (Wildman–Crippen LogP) is 7.96. The standard InChI is InChI=1S/C30H50ClNO/c1-30(2)24-10-6-7-11-25(24)32-26(20-8-4-3-5-9-20)18-22(19-29(30)32)28-17-16-27(33-28)21-12-14-23(31)15-13-21/h20-29H,3-19H2,1-2H3. The summed E-state index contributed by atoms with van der Waals surface area (Å²) in [6.07, 6.45) is 24.9. The van der Waals surface area contributed by atoms with E-state index in [0.29, 0.717) is 23.0 Å². The molecule has 7 atom stereocenters. The molecular weight excluding hydrogens is 426 g/mol. The molecule has 3 heterocycles. The molecule has 0 aromatic rings. The predicted molar refractivity (Wildman–Crippen MR) is 138 cm³/mol. The van der Waals surface area contributed by atoms with Gasteiger partial charge in [0.05, 0.1) is 12.2 Å². The van der Waals surface area contributed by atoms with E-state index >= 15 is 0 Å². The fourth-order valence-corrected chi connectivity index (χ4v) is 10.3. The number of alkyl halides is 1. The van der Waals surface area contributed by atoms with Gasteiger partial charge in [-0.15, -0.1) is 11.6 Å². The smallest absolute Gasteiger partial charge is 0.0609 e. The minimum Gasteiger partial charge on any atom is -0.374 e. The van der Waals surface area contributed by atoms with Crippen molar-refractivity contribution in [3.8, 4) is 0 Å². The van der Waals surface area contributed by atoms with Crippen molar-refractivity contribution in [3.63, 3.8) is 0 Å². The molecule has 6 aliphatic rings. The molecule has 0 aromatic heterocycles. The highest BCUT2D eigenvalue weighted by molar-refractivity contribution is 6.20. The Hall–Kier alpha value is 0.210. The Balaban J connectivity index is 1.21. The molecule has 188 valence electrons. The normalized spacial score (nSPS) is 49.0. The summed E-state index contributed by atoms with van der Waals surface area (Å²) in [7, 11) is 0. The second-order valence-electron chi connectivity index (χ2n) is 13.7. The lowest BCUT2D eigenvalue weighted by Crippen LogP contribution is -2.56. The van der Waals surface area contributed by atoms with Crippen molar-refractivity contribution in [2.75, 3.05) is 0 Å². The van der Waals surface area contributed by atoms with Crippen molar-refractivity contribution in [1.82, 2.24) is 4.90 Å². The lowest BCUT2D eigenvalue weighted by Gasteiger charge is -2.51. The first kappa shape index (κ1) is 23.6. The second kappa shape index (κ2) is 9.59. The largest absolute Gasteiger partial charge is 0.374 e. The van der Waals surface area contributed by atoms with Crippen LogP contribution in [0.2, 0.25) is 0 Å². The van der Waals surface area contributed by atoms with Crippen LogP contribution in [0.5, 0.6) is 0 Å². The number of halogens is 1. The molecule has 3 heteroatoms. The summed E-state index contributed by atoms with van der Waals surface area (Å²) < 4.78 is 6.99.